The molecule has 0 fully saturated rings. The molecule has 0 saturated carbocycles. The molecule has 0 atom stereocenters. The lowest BCUT2D eigenvalue weighted by Crippen LogP contribution is -2.27. The molecule has 2 amide bonds. The van der Waals surface area contributed by atoms with E-state index >= 15 is 0 Å². The summed E-state index contributed by atoms with van der Waals surface area (Å²) in [5, 5.41) is 2.77. The molecule has 21 heavy (non-hydrogen) atoms. The average molecular weight is 285 g/mol. The van der Waals surface area contributed by atoms with Gasteiger partial charge < -0.3 is 15.0 Å². The fourth-order valence-electron chi connectivity index (χ4n) is 1.69. The largest absolute Gasteiger partial charge is 0.493 e. The van der Waals surface area contributed by atoms with Crippen LogP contribution >= 0.6 is 0 Å². The fraction of sp³-hybridized carbons (Fsp3) is 0.250. The van der Waals surface area contributed by atoms with Gasteiger partial charge in [-0.25, -0.2) is 4.79 Å². The highest BCUT2D eigenvalue weighted by atomic mass is 16.5. The van der Waals surface area contributed by atoms with Gasteiger partial charge in [0.25, 0.3) is 0 Å². The van der Waals surface area contributed by atoms with Gasteiger partial charge in [-0.3, -0.25) is 4.98 Å². The first-order valence-corrected chi connectivity index (χ1v) is 6.76. The predicted octanol–water partition coefficient (Wildman–Crippen LogP) is 2.80. The van der Waals surface area contributed by atoms with Crippen molar-refractivity contribution in [1.29, 1.82) is 0 Å². The number of anilines is 1. The standard InChI is InChI=1S/C16H19N3O2/c1-19(2)16(20)18-14-6-8-15(9-7-14)21-12-10-13-5-3-4-11-17-13/h3-9,11H,10,12H2,1-2H3,(H,18,20). The van der Waals surface area contributed by atoms with Gasteiger partial charge >= 0.3 is 6.03 Å². The van der Waals surface area contributed by atoms with Crippen LogP contribution < -0.4 is 10.1 Å². The van der Waals surface area contributed by atoms with E-state index in [1.807, 2.05) is 42.5 Å². The zero-order valence-electron chi connectivity index (χ0n) is 12.2. The maximum absolute atomic E-state index is 11.5. The van der Waals surface area contributed by atoms with Gasteiger partial charge in [0.2, 0.25) is 0 Å². The van der Waals surface area contributed by atoms with Gasteiger partial charge in [0.15, 0.2) is 0 Å². The lowest BCUT2D eigenvalue weighted by Gasteiger charge is -2.12. The second-order valence-electron chi connectivity index (χ2n) is 4.77. The fourth-order valence-corrected chi connectivity index (χ4v) is 1.69. The molecule has 0 spiro atoms. The van der Waals surface area contributed by atoms with Gasteiger partial charge in [0.05, 0.1) is 6.61 Å². The Hall–Kier alpha value is -2.56. The minimum atomic E-state index is -0.154. The topological polar surface area (TPSA) is 54.5 Å². The highest BCUT2D eigenvalue weighted by Gasteiger charge is 2.03. The van der Waals surface area contributed by atoms with Crippen LogP contribution in [0.15, 0.2) is 48.7 Å². The number of hydrogen-bond acceptors (Lipinski definition) is 3. The summed E-state index contributed by atoms with van der Waals surface area (Å²) in [6.07, 6.45) is 2.54. The summed E-state index contributed by atoms with van der Waals surface area (Å²) in [5.74, 6) is 0.772. The van der Waals surface area contributed by atoms with Crippen molar-refractivity contribution in [1.82, 2.24) is 9.88 Å². The quantitative estimate of drug-likeness (QED) is 0.919. The minimum absolute atomic E-state index is 0.154. The van der Waals surface area contributed by atoms with Gasteiger partial charge in [0, 0.05) is 38.1 Å². The minimum Gasteiger partial charge on any atom is -0.493 e. The molecular formula is C16H19N3O2. The Kier molecular flexibility index (Phi) is 5.15. The van der Waals surface area contributed by atoms with Crippen molar-refractivity contribution >= 4 is 11.7 Å². The zero-order valence-corrected chi connectivity index (χ0v) is 12.2. The SMILES string of the molecule is CN(C)C(=O)Nc1ccc(OCCc2ccccn2)cc1. The molecule has 1 aromatic heterocycles. The summed E-state index contributed by atoms with van der Waals surface area (Å²) < 4.78 is 5.65. The van der Waals surface area contributed by atoms with Gasteiger partial charge in [-0.2, -0.15) is 0 Å². The number of aromatic nitrogens is 1. The van der Waals surface area contributed by atoms with E-state index < -0.39 is 0 Å². The molecule has 1 N–H and O–H groups in total. The van der Waals surface area contributed by atoms with Crippen molar-refractivity contribution in [2.45, 2.75) is 6.42 Å². The Labute approximate surface area is 124 Å². The number of carbonyl (C=O) groups is 1. The third kappa shape index (κ3) is 4.80. The van der Waals surface area contributed by atoms with Crippen LogP contribution in [0.3, 0.4) is 0 Å². The summed E-state index contributed by atoms with van der Waals surface area (Å²) in [6.45, 7) is 0.570. The number of nitrogens with zero attached hydrogens (tertiary/aromatic N) is 2. The highest BCUT2D eigenvalue weighted by Crippen LogP contribution is 2.16. The first-order valence-electron chi connectivity index (χ1n) is 6.76. The molecule has 2 rings (SSSR count). The van der Waals surface area contributed by atoms with Crippen molar-refractivity contribution in [3.8, 4) is 5.75 Å². The Bertz CT molecular complexity index is 568. The van der Waals surface area contributed by atoms with E-state index in [0.29, 0.717) is 6.61 Å². The predicted molar refractivity (Wildman–Crippen MR) is 82.6 cm³/mol. The van der Waals surface area contributed by atoms with Crippen molar-refractivity contribution < 1.29 is 9.53 Å². The smallest absolute Gasteiger partial charge is 0.321 e. The summed E-state index contributed by atoms with van der Waals surface area (Å²) in [4.78, 5) is 17.2. The number of rotatable bonds is 5. The maximum atomic E-state index is 11.5. The average Bonchev–Trinajstić information content (AvgIpc) is 2.50. The maximum Gasteiger partial charge on any atom is 0.321 e. The number of carbonyl (C=O) groups excluding carboxylic acids is 1. The van der Waals surface area contributed by atoms with E-state index in [-0.39, 0.29) is 6.03 Å². The molecule has 0 radical (unpaired) electrons. The molecule has 0 bridgehead atoms. The molecule has 0 saturated heterocycles. The van der Waals surface area contributed by atoms with Gasteiger partial charge in [-0.05, 0) is 36.4 Å². The first kappa shape index (κ1) is 14.8. The Morgan fingerprint density at radius 3 is 2.57 bits per heavy atom. The molecule has 5 heteroatoms. The van der Waals surface area contributed by atoms with Gasteiger partial charge in [-0.1, -0.05) is 6.07 Å². The number of urea groups is 1. The van der Waals surface area contributed by atoms with E-state index in [9.17, 15) is 4.79 Å². The van der Waals surface area contributed by atoms with Crippen LogP contribution in [-0.4, -0.2) is 36.6 Å². The molecule has 0 unspecified atom stereocenters. The van der Waals surface area contributed by atoms with Crippen LogP contribution in [0.2, 0.25) is 0 Å². The third-order valence-electron chi connectivity index (χ3n) is 2.86. The molecule has 2 aromatic rings. The van der Waals surface area contributed by atoms with Crippen LogP contribution in [-0.2, 0) is 6.42 Å². The zero-order chi connectivity index (χ0) is 15.1. The summed E-state index contributed by atoms with van der Waals surface area (Å²) in [6, 6.07) is 13.0. The van der Waals surface area contributed by atoms with Crippen LogP contribution in [0, 0.1) is 0 Å². The van der Waals surface area contributed by atoms with Crippen molar-refractivity contribution in [3.63, 3.8) is 0 Å². The molecule has 5 nitrogen and oxygen atoms in total. The third-order valence-corrected chi connectivity index (χ3v) is 2.86. The number of hydrogen-bond donors (Lipinski definition) is 1. The Morgan fingerprint density at radius 1 is 1.19 bits per heavy atom. The molecular weight excluding hydrogens is 266 g/mol. The van der Waals surface area contributed by atoms with Crippen LogP contribution in [0.25, 0.3) is 0 Å². The van der Waals surface area contributed by atoms with Crippen LogP contribution in [0.5, 0.6) is 5.75 Å². The van der Waals surface area contributed by atoms with E-state index in [0.717, 1.165) is 23.6 Å². The summed E-state index contributed by atoms with van der Waals surface area (Å²) in [7, 11) is 3.40. The molecule has 1 aromatic carbocycles. The second kappa shape index (κ2) is 7.28. The number of pyridine rings is 1. The second-order valence-corrected chi connectivity index (χ2v) is 4.77. The number of nitrogens with one attached hydrogen (secondary N) is 1. The van der Waals surface area contributed by atoms with Gasteiger partial charge in [-0.15, -0.1) is 0 Å². The van der Waals surface area contributed by atoms with E-state index in [4.69, 9.17) is 4.74 Å². The molecule has 1 heterocycles. The highest BCUT2D eigenvalue weighted by molar-refractivity contribution is 5.88. The van der Waals surface area contributed by atoms with Crippen LogP contribution in [0.4, 0.5) is 10.5 Å². The summed E-state index contributed by atoms with van der Waals surface area (Å²) in [5.41, 5.74) is 1.75. The molecule has 0 aliphatic rings. The van der Waals surface area contributed by atoms with E-state index in [1.54, 1.807) is 20.3 Å². The van der Waals surface area contributed by atoms with Gasteiger partial charge in [0.1, 0.15) is 5.75 Å². The monoisotopic (exact) mass is 285 g/mol. The lowest BCUT2D eigenvalue weighted by atomic mass is 10.3. The number of benzene rings is 1. The van der Waals surface area contributed by atoms with E-state index in [1.165, 1.54) is 4.90 Å². The molecule has 110 valence electrons. The summed E-state index contributed by atoms with van der Waals surface area (Å²) >= 11 is 0. The van der Waals surface area contributed by atoms with Crippen LogP contribution in [0.1, 0.15) is 5.69 Å². The van der Waals surface area contributed by atoms with Crippen molar-refractivity contribution in [2.24, 2.45) is 0 Å². The first-order chi connectivity index (χ1) is 10.1. The van der Waals surface area contributed by atoms with Crippen molar-refractivity contribution in [3.05, 3.63) is 54.4 Å². The molecule has 0 aliphatic heterocycles. The number of amides is 2. The normalized spacial score (nSPS) is 10.0. The lowest BCUT2D eigenvalue weighted by molar-refractivity contribution is 0.230. The number of ether oxygens (including phenoxy) is 1. The Morgan fingerprint density at radius 2 is 1.95 bits per heavy atom. The Balaban J connectivity index is 1.81. The van der Waals surface area contributed by atoms with E-state index in [2.05, 4.69) is 10.3 Å². The van der Waals surface area contributed by atoms with Crippen molar-refractivity contribution in [2.75, 3.05) is 26.0 Å². The molecule has 0 aliphatic carbocycles.